The number of carboxylic acids is 1. The first-order chi connectivity index (χ1) is 12.6. The summed E-state index contributed by atoms with van der Waals surface area (Å²) in [5, 5.41) is 13.9. The van der Waals surface area contributed by atoms with Crippen LogP contribution in [0.25, 0.3) is 6.08 Å². The zero-order valence-electron chi connectivity index (χ0n) is 14.1. The smallest absolute Gasteiger partial charge is 0.303 e. The molecule has 0 aliphatic carbocycles. The summed E-state index contributed by atoms with van der Waals surface area (Å²) in [6.45, 7) is 0.207. The summed E-state index contributed by atoms with van der Waals surface area (Å²) in [7, 11) is 0. The lowest BCUT2D eigenvalue weighted by Crippen LogP contribution is -2.35. The van der Waals surface area contributed by atoms with Gasteiger partial charge in [0.2, 0.25) is 0 Å². The SMILES string of the molecule is O=C(O)CCCNC(=O)/C(=C/c1ccccc1)NC(=O)c1ccccc1. The van der Waals surface area contributed by atoms with E-state index in [0.717, 1.165) is 5.56 Å². The predicted molar refractivity (Wildman–Crippen MR) is 98.2 cm³/mol. The molecule has 0 unspecified atom stereocenters. The Morgan fingerprint density at radius 2 is 1.54 bits per heavy atom. The Morgan fingerprint density at radius 3 is 2.15 bits per heavy atom. The van der Waals surface area contributed by atoms with Crippen molar-refractivity contribution in [1.82, 2.24) is 10.6 Å². The maximum atomic E-state index is 12.4. The van der Waals surface area contributed by atoms with Crippen LogP contribution in [0.4, 0.5) is 0 Å². The van der Waals surface area contributed by atoms with Crippen LogP contribution in [-0.2, 0) is 9.59 Å². The van der Waals surface area contributed by atoms with Crippen LogP contribution >= 0.6 is 0 Å². The molecule has 26 heavy (non-hydrogen) atoms. The molecule has 0 heterocycles. The van der Waals surface area contributed by atoms with Gasteiger partial charge in [0.1, 0.15) is 5.70 Å². The van der Waals surface area contributed by atoms with Gasteiger partial charge in [-0.3, -0.25) is 14.4 Å². The molecular weight excluding hydrogens is 332 g/mol. The van der Waals surface area contributed by atoms with Crippen LogP contribution in [-0.4, -0.2) is 29.4 Å². The molecule has 0 aliphatic heterocycles. The van der Waals surface area contributed by atoms with Crippen LogP contribution in [0.5, 0.6) is 0 Å². The van der Waals surface area contributed by atoms with Gasteiger partial charge in [0, 0.05) is 18.5 Å². The number of carboxylic acid groups (broad SMARTS) is 1. The van der Waals surface area contributed by atoms with Crippen molar-refractivity contribution >= 4 is 23.9 Å². The molecule has 2 rings (SSSR count). The summed E-state index contributed by atoms with van der Waals surface area (Å²) in [5.74, 6) is -1.78. The van der Waals surface area contributed by atoms with E-state index in [1.54, 1.807) is 36.4 Å². The summed E-state index contributed by atoms with van der Waals surface area (Å²) in [6, 6.07) is 17.7. The highest BCUT2D eigenvalue weighted by molar-refractivity contribution is 6.05. The molecule has 0 spiro atoms. The molecule has 0 aromatic heterocycles. The van der Waals surface area contributed by atoms with E-state index in [-0.39, 0.29) is 18.7 Å². The minimum atomic E-state index is -0.920. The van der Waals surface area contributed by atoms with Crippen molar-refractivity contribution in [3.05, 3.63) is 77.5 Å². The first kappa shape index (κ1) is 18.9. The van der Waals surface area contributed by atoms with Crippen LogP contribution in [0.3, 0.4) is 0 Å². The molecule has 2 amide bonds. The van der Waals surface area contributed by atoms with E-state index in [1.807, 2.05) is 30.3 Å². The van der Waals surface area contributed by atoms with Gasteiger partial charge in [-0.25, -0.2) is 0 Å². The highest BCUT2D eigenvalue weighted by Gasteiger charge is 2.14. The first-order valence-electron chi connectivity index (χ1n) is 8.19. The number of carbonyl (C=O) groups excluding carboxylic acids is 2. The Balaban J connectivity index is 2.11. The van der Waals surface area contributed by atoms with Gasteiger partial charge in [-0.05, 0) is 30.2 Å². The number of hydrogen-bond donors (Lipinski definition) is 3. The van der Waals surface area contributed by atoms with Crippen molar-refractivity contribution in [2.24, 2.45) is 0 Å². The monoisotopic (exact) mass is 352 g/mol. The van der Waals surface area contributed by atoms with Gasteiger partial charge in [0.25, 0.3) is 11.8 Å². The van der Waals surface area contributed by atoms with Crippen molar-refractivity contribution in [2.45, 2.75) is 12.8 Å². The minimum Gasteiger partial charge on any atom is -0.481 e. The van der Waals surface area contributed by atoms with Crippen molar-refractivity contribution in [3.63, 3.8) is 0 Å². The number of nitrogens with one attached hydrogen (secondary N) is 2. The molecule has 0 saturated heterocycles. The summed E-state index contributed by atoms with van der Waals surface area (Å²) in [6.07, 6.45) is 1.86. The van der Waals surface area contributed by atoms with E-state index < -0.39 is 17.8 Å². The van der Waals surface area contributed by atoms with Crippen LogP contribution < -0.4 is 10.6 Å². The number of rotatable bonds is 8. The average molecular weight is 352 g/mol. The molecule has 0 radical (unpaired) electrons. The van der Waals surface area contributed by atoms with E-state index in [9.17, 15) is 14.4 Å². The molecule has 2 aromatic carbocycles. The van der Waals surface area contributed by atoms with Crippen molar-refractivity contribution in [2.75, 3.05) is 6.54 Å². The van der Waals surface area contributed by atoms with Gasteiger partial charge in [-0.1, -0.05) is 48.5 Å². The van der Waals surface area contributed by atoms with Gasteiger partial charge in [-0.2, -0.15) is 0 Å². The zero-order valence-corrected chi connectivity index (χ0v) is 14.1. The standard InChI is InChI=1S/C20H20N2O4/c23-18(24)12-7-13-21-20(26)17(14-15-8-3-1-4-9-15)22-19(25)16-10-5-2-6-11-16/h1-6,8-11,14H,7,12-13H2,(H,21,26)(H,22,25)(H,23,24)/b17-14-. The Hall–Kier alpha value is -3.41. The van der Waals surface area contributed by atoms with Crippen molar-refractivity contribution in [1.29, 1.82) is 0 Å². The van der Waals surface area contributed by atoms with Gasteiger partial charge < -0.3 is 15.7 Å². The molecule has 2 aromatic rings. The van der Waals surface area contributed by atoms with Gasteiger partial charge >= 0.3 is 5.97 Å². The second-order valence-corrected chi connectivity index (χ2v) is 5.54. The Labute approximate surface area is 151 Å². The molecule has 6 nitrogen and oxygen atoms in total. The molecule has 0 saturated carbocycles. The number of aliphatic carboxylic acids is 1. The molecule has 6 heteroatoms. The summed E-state index contributed by atoms with van der Waals surface area (Å²) < 4.78 is 0. The maximum absolute atomic E-state index is 12.4. The van der Waals surface area contributed by atoms with Crippen molar-refractivity contribution in [3.8, 4) is 0 Å². The lowest BCUT2D eigenvalue weighted by Gasteiger charge is -2.11. The fourth-order valence-corrected chi connectivity index (χ4v) is 2.20. The van der Waals surface area contributed by atoms with Crippen LogP contribution in [0.15, 0.2) is 66.4 Å². The zero-order chi connectivity index (χ0) is 18.8. The third-order valence-electron chi connectivity index (χ3n) is 3.49. The van der Waals surface area contributed by atoms with E-state index >= 15 is 0 Å². The number of hydrogen-bond acceptors (Lipinski definition) is 3. The van der Waals surface area contributed by atoms with Crippen molar-refractivity contribution < 1.29 is 19.5 Å². The average Bonchev–Trinajstić information content (AvgIpc) is 2.66. The quantitative estimate of drug-likeness (QED) is 0.502. The van der Waals surface area contributed by atoms with Crippen LogP contribution in [0.1, 0.15) is 28.8 Å². The third kappa shape index (κ3) is 6.24. The second-order valence-electron chi connectivity index (χ2n) is 5.54. The molecular formula is C20H20N2O4. The Kier molecular flexibility index (Phi) is 7.12. The van der Waals surface area contributed by atoms with E-state index in [1.165, 1.54) is 0 Å². The first-order valence-corrected chi connectivity index (χ1v) is 8.19. The lowest BCUT2D eigenvalue weighted by atomic mass is 10.1. The topological polar surface area (TPSA) is 95.5 Å². The predicted octanol–water partition coefficient (Wildman–Crippen LogP) is 2.44. The number of benzene rings is 2. The van der Waals surface area contributed by atoms with E-state index in [0.29, 0.717) is 12.0 Å². The maximum Gasteiger partial charge on any atom is 0.303 e. The summed E-state index contributed by atoms with van der Waals surface area (Å²) in [5.41, 5.74) is 1.29. The molecule has 0 atom stereocenters. The fraction of sp³-hybridized carbons (Fsp3) is 0.150. The lowest BCUT2D eigenvalue weighted by molar-refractivity contribution is -0.137. The van der Waals surface area contributed by atoms with Crippen LogP contribution in [0, 0.1) is 0 Å². The molecule has 0 fully saturated rings. The van der Waals surface area contributed by atoms with Crippen LogP contribution in [0.2, 0.25) is 0 Å². The van der Waals surface area contributed by atoms with E-state index in [2.05, 4.69) is 10.6 Å². The third-order valence-corrected chi connectivity index (χ3v) is 3.49. The Bertz CT molecular complexity index is 786. The summed E-state index contributed by atoms with van der Waals surface area (Å²) in [4.78, 5) is 35.3. The van der Waals surface area contributed by atoms with E-state index in [4.69, 9.17) is 5.11 Å². The second kappa shape index (κ2) is 9.78. The fourth-order valence-electron chi connectivity index (χ4n) is 2.20. The molecule has 134 valence electrons. The van der Waals surface area contributed by atoms with Gasteiger partial charge in [0.05, 0.1) is 0 Å². The normalized spacial score (nSPS) is 10.8. The molecule has 0 bridgehead atoms. The number of amides is 2. The Morgan fingerprint density at radius 1 is 0.923 bits per heavy atom. The highest BCUT2D eigenvalue weighted by atomic mass is 16.4. The van der Waals surface area contributed by atoms with Gasteiger partial charge in [-0.15, -0.1) is 0 Å². The summed E-state index contributed by atoms with van der Waals surface area (Å²) >= 11 is 0. The number of carbonyl (C=O) groups is 3. The molecule has 3 N–H and O–H groups in total. The molecule has 0 aliphatic rings. The minimum absolute atomic E-state index is 0.0333. The highest BCUT2D eigenvalue weighted by Crippen LogP contribution is 2.07. The van der Waals surface area contributed by atoms with Gasteiger partial charge in [0.15, 0.2) is 0 Å². The largest absolute Gasteiger partial charge is 0.481 e.